The van der Waals surface area contributed by atoms with Gasteiger partial charge in [0.2, 0.25) is 0 Å². The van der Waals surface area contributed by atoms with Crippen LogP contribution in [0.2, 0.25) is 0 Å². The topological polar surface area (TPSA) is 44.7 Å². The molecule has 0 radical (unpaired) electrons. The zero-order valence-corrected chi connectivity index (χ0v) is 8.92. The Balaban J connectivity index is 3.42. The van der Waals surface area contributed by atoms with Crippen molar-refractivity contribution in [1.29, 1.82) is 0 Å². The molecule has 0 aromatic rings. The average Bonchev–Trinajstić information content (AvgIpc) is 2.14. The fourth-order valence-corrected chi connectivity index (χ4v) is 1.19. The second-order valence-electron chi connectivity index (χ2n) is 3.28. The number of hydrogen-bond acceptors (Lipinski definition) is 4. The Morgan fingerprint density at radius 3 is 2.69 bits per heavy atom. The average molecular weight is 190 g/mol. The zero-order chi connectivity index (χ0) is 10.1. The molecule has 1 atom stereocenters. The van der Waals surface area contributed by atoms with Crippen LogP contribution in [0, 0.1) is 0 Å². The Morgan fingerprint density at radius 1 is 1.54 bits per heavy atom. The number of aliphatic hydroxyl groups excluding tert-OH is 1. The van der Waals surface area contributed by atoms with Crippen LogP contribution in [0.15, 0.2) is 0 Å². The Hall–Kier alpha value is -0.160. The van der Waals surface area contributed by atoms with Crippen molar-refractivity contribution in [3.63, 3.8) is 0 Å². The van der Waals surface area contributed by atoms with Crippen LogP contribution in [0.3, 0.4) is 0 Å². The predicted octanol–water partition coefficient (Wildman–Crippen LogP) is -0.465. The Labute approximate surface area is 80.9 Å². The van der Waals surface area contributed by atoms with Crippen LogP contribution in [0.4, 0.5) is 0 Å². The quantitative estimate of drug-likeness (QED) is 0.508. The lowest BCUT2D eigenvalue weighted by molar-refractivity contribution is 0.166. The number of nitrogens with one attached hydrogen (secondary N) is 1. The van der Waals surface area contributed by atoms with Crippen LogP contribution < -0.4 is 5.32 Å². The van der Waals surface area contributed by atoms with Gasteiger partial charge in [-0.15, -0.1) is 0 Å². The summed E-state index contributed by atoms with van der Waals surface area (Å²) in [5.41, 5.74) is 0. The standard InChI is InChI=1S/C9H22N2O2/c1-10-9(8-12)7-11(2)5-4-6-13-3/h9-10,12H,4-8H2,1-3H3. The van der Waals surface area contributed by atoms with E-state index in [1.807, 2.05) is 7.05 Å². The highest BCUT2D eigenvalue weighted by atomic mass is 16.5. The maximum atomic E-state index is 8.93. The molecule has 80 valence electrons. The minimum absolute atomic E-state index is 0.174. The van der Waals surface area contributed by atoms with Crippen molar-refractivity contribution in [2.45, 2.75) is 12.5 Å². The molecule has 0 saturated heterocycles. The van der Waals surface area contributed by atoms with E-state index >= 15 is 0 Å². The summed E-state index contributed by atoms with van der Waals surface area (Å²) in [5.74, 6) is 0. The molecule has 0 aliphatic carbocycles. The molecule has 0 aliphatic heterocycles. The first-order chi connectivity index (χ1) is 6.24. The van der Waals surface area contributed by atoms with Crippen molar-refractivity contribution in [2.75, 3.05) is 47.5 Å². The van der Waals surface area contributed by atoms with E-state index in [2.05, 4.69) is 17.3 Å². The summed E-state index contributed by atoms with van der Waals surface area (Å²) >= 11 is 0. The Bertz CT molecular complexity index is 108. The molecular formula is C9H22N2O2. The monoisotopic (exact) mass is 190 g/mol. The molecule has 0 spiro atoms. The first kappa shape index (κ1) is 12.8. The Morgan fingerprint density at radius 2 is 2.23 bits per heavy atom. The molecule has 4 heteroatoms. The van der Waals surface area contributed by atoms with Gasteiger partial charge in [-0.05, 0) is 20.5 Å². The number of nitrogens with zero attached hydrogens (tertiary/aromatic N) is 1. The molecule has 0 saturated carbocycles. The number of likely N-dealkylation sites (N-methyl/N-ethyl adjacent to an activating group) is 2. The van der Waals surface area contributed by atoms with Crippen LogP contribution in [-0.2, 0) is 4.74 Å². The van der Waals surface area contributed by atoms with E-state index in [-0.39, 0.29) is 12.6 Å². The maximum Gasteiger partial charge on any atom is 0.0597 e. The second kappa shape index (κ2) is 8.44. The Kier molecular flexibility index (Phi) is 8.33. The third-order valence-corrected chi connectivity index (χ3v) is 2.05. The van der Waals surface area contributed by atoms with Gasteiger partial charge in [-0.2, -0.15) is 0 Å². The minimum Gasteiger partial charge on any atom is -0.395 e. The first-order valence-electron chi connectivity index (χ1n) is 4.70. The molecule has 4 nitrogen and oxygen atoms in total. The summed E-state index contributed by atoms with van der Waals surface area (Å²) in [6.45, 7) is 2.86. The van der Waals surface area contributed by atoms with Gasteiger partial charge < -0.3 is 20.1 Å². The van der Waals surface area contributed by atoms with E-state index in [1.54, 1.807) is 7.11 Å². The molecule has 0 fully saturated rings. The molecule has 2 N–H and O–H groups in total. The van der Waals surface area contributed by atoms with E-state index in [0.29, 0.717) is 0 Å². The van der Waals surface area contributed by atoms with Crippen molar-refractivity contribution >= 4 is 0 Å². The summed E-state index contributed by atoms with van der Waals surface area (Å²) in [7, 11) is 5.63. The molecule has 13 heavy (non-hydrogen) atoms. The molecule has 0 aliphatic rings. The zero-order valence-electron chi connectivity index (χ0n) is 8.92. The molecule has 0 aromatic carbocycles. The van der Waals surface area contributed by atoms with Gasteiger partial charge in [-0.1, -0.05) is 0 Å². The highest BCUT2D eigenvalue weighted by Crippen LogP contribution is 1.91. The molecule has 1 unspecified atom stereocenters. The molecular weight excluding hydrogens is 168 g/mol. The van der Waals surface area contributed by atoms with E-state index in [1.165, 1.54) is 0 Å². The number of rotatable bonds is 8. The highest BCUT2D eigenvalue weighted by Gasteiger charge is 2.07. The smallest absolute Gasteiger partial charge is 0.0597 e. The fourth-order valence-electron chi connectivity index (χ4n) is 1.19. The SMILES string of the molecule is CNC(CO)CN(C)CCCOC. The summed E-state index contributed by atoms with van der Waals surface area (Å²) in [6, 6.07) is 0.174. The van der Waals surface area contributed by atoms with Gasteiger partial charge >= 0.3 is 0 Å². The van der Waals surface area contributed by atoms with Gasteiger partial charge in [-0.25, -0.2) is 0 Å². The van der Waals surface area contributed by atoms with E-state index in [4.69, 9.17) is 9.84 Å². The number of methoxy groups -OCH3 is 1. The summed E-state index contributed by atoms with van der Waals surface area (Å²) < 4.78 is 4.96. The lowest BCUT2D eigenvalue weighted by atomic mass is 10.3. The lowest BCUT2D eigenvalue weighted by Gasteiger charge is -2.21. The second-order valence-corrected chi connectivity index (χ2v) is 3.28. The van der Waals surface area contributed by atoms with Gasteiger partial charge in [0.05, 0.1) is 6.61 Å². The van der Waals surface area contributed by atoms with Crippen LogP contribution in [0.5, 0.6) is 0 Å². The fraction of sp³-hybridized carbons (Fsp3) is 1.00. The summed E-state index contributed by atoms with van der Waals surface area (Å²) in [6.07, 6.45) is 1.04. The summed E-state index contributed by atoms with van der Waals surface area (Å²) in [5, 5.41) is 12.0. The highest BCUT2D eigenvalue weighted by molar-refractivity contribution is 4.66. The number of aliphatic hydroxyl groups is 1. The lowest BCUT2D eigenvalue weighted by Crippen LogP contribution is -2.40. The van der Waals surface area contributed by atoms with Crippen LogP contribution >= 0.6 is 0 Å². The van der Waals surface area contributed by atoms with Crippen molar-refractivity contribution in [3.05, 3.63) is 0 Å². The van der Waals surface area contributed by atoms with Gasteiger partial charge in [0.1, 0.15) is 0 Å². The number of ether oxygens (including phenoxy) is 1. The van der Waals surface area contributed by atoms with Crippen molar-refractivity contribution in [3.8, 4) is 0 Å². The van der Waals surface area contributed by atoms with Gasteiger partial charge in [0.15, 0.2) is 0 Å². The molecule has 0 amide bonds. The molecule has 0 bridgehead atoms. The van der Waals surface area contributed by atoms with E-state index in [0.717, 1.165) is 26.1 Å². The van der Waals surface area contributed by atoms with Crippen LogP contribution in [0.25, 0.3) is 0 Å². The van der Waals surface area contributed by atoms with Crippen molar-refractivity contribution < 1.29 is 9.84 Å². The number of hydrogen-bond donors (Lipinski definition) is 2. The van der Waals surface area contributed by atoms with Gasteiger partial charge in [0, 0.05) is 32.8 Å². The largest absolute Gasteiger partial charge is 0.395 e. The third-order valence-electron chi connectivity index (χ3n) is 2.05. The first-order valence-corrected chi connectivity index (χ1v) is 4.70. The summed E-state index contributed by atoms with van der Waals surface area (Å²) in [4.78, 5) is 2.19. The van der Waals surface area contributed by atoms with Crippen molar-refractivity contribution in [1.82, 2.24) is 10.2 Å². The van der Waals surface area contributed by atoms with E-state index < -0.39 is 0 Å². The minimum atomic E-state index is 0.174. The van der Waals surface area contributed by atoms with Gasteiger partial charge in [-0.3, -0.25) is 0 Å². The van der Waals surface area contributed by atoms with Crippen molar-refractivity contribution in [2.24, 2.45) is 0 Å². The van der Waals surface area contributed by atoms with Gasteiger partial charge in [0.25, 0.3) is 0 Å². The third kappa shape index (κ3) is 6.95. The molecule has 0 heterocycles. The normalized spacial score (nSPS) is 13.6. The van der Waals surface area contributed by atoms with E-state index in [9.17, 15) is 0 Å². The van der Waals surface area contributed by atoms with Crippen LogP contribution in [-0.4, -0.2) is 63.6 Å². The maximum absolute atomic E-state index is 8.93. The van der Waals surface area contributed by atoms with Crippen LogP contribution in [0.1, 0.15) is 6.42 Å². The predicted molar refractivity (Wildman–Crippen MR) is 53.9 cm³/mol. The molecule has 0 aromatic heterocycles. The molecule has 0 rings (SSSR count).